The first-order valence-electron chi connectivity index (χ1n) is 11.2. The number of sulfonamides is 1. The molecule has 0 saturated carbocycles. The summed E-state index contributed by atoms with van der Waals surface area (Å²) in [7, 11) is -3.80. The summed E-state index contributed by atoms with van der Waals surface area (Å²) in [6, 6.07) is 10.4. The quantitative estimate of drug-likeness (QED) is 0.612. The summed E-state index contributed by atoms with van der Waals surface area (Å²) in [6.07, 6.45) is 0. The van der Waals surface area contributed by atoms with Crippen molar-refractivity contribution in [2.24, 2.45) is 0 Å². The Balaban J connectivity index is 1.23. The van der Waals surface area contributed by atoms with Gasteiger partial charge in [-0.3, -0.25) is 9.69 Å². The second-order valence-electron chi connectivity index (χ2n) is 8.42. The van der Waals surface area contributed by atoms with Crippen molar-refractivity contribution in [1.82, 2.24) is 14.1 Å². The molecule has 2 aromatic rings. The SMILES string of the molecule is O=C(c1ccc(Cl)c(S(=O)(=O)N2CCOCC2)c1)N1CCN(Cc2ccc3c(c2)OCO3)CC1. The van der Waals surface area contributed by atoms with Crippen LogP contribution in [0, 0.1) is 0 Å². The lowest BCUT2D eigenvalue weighted by atomic mass is 10.1. The molecule has 3 aliphatic heterocycles. The molecular formula is C23H26ClN3O6S. The molecular weight excluding hydrogens is 482 g/mol. The maximum absolute atomic E-state index is 13.2. The van der Waals surface area contributed by atoms with Gasteiger partial charge in [0.2, 0.25) is 16.8 Å². The number of carbonyl (C=O) groups is 1. The zero-order chi connectivity index (χ0) is 23.7. The van der Waals surface area contributed by atoms with E-state index in [0.29, 0.717) is 45.0 Å². The number of carbonyl (C=O) groups excluding carboxylic acids is 1. The summed E-state index contributed by atoms with van der Waals surface area (Å²) in [5, 5.41) is 0.108. The van der Waals surface area contributed by atoms with E-state index in [4.69, 9.17) is 25.8 Å². The van der Waals surface area contributed by atoms with Crippen LogP contribution in [0.15, 0.2) is 41.3 Å². The van der Waals surface area contributed by atoms with Gasteiger partial charge in [-0.25, -0.2) is 8.42 Å². The third-order valence-electron chi connectivity index (χ3n) is 6.27. The third kappa shape index (κ3) is 4.73. The van der Waals surface area contributed by atoms with Crippen molar-refractivity contribution in [2.45, 2.75) is 11.4 Å². The van der Waals surface area contributed by atoms with Gasteiger partial charge in [-0.2, -0.15) is 4.31 Å². The van der Waals surface area contributed by atoms with Crippen LogP contribution in [0.1, 0.15) is 15.9 Å². The number of fused-ring (bicyclic) bond motifs is 1. The van der Waals surface area contributed by atoms with E-state index in [-0.39, 0.29) is 35.7 Å². The molecule has 3 heterocycles. The maximum Gasteiger partial charge on any atom is 0.253 e. The Morgan fingerprint density at radius 3 is 2.41 bits per heavy atom. The number of ether oxygens (including phenoxy) is 3. The second kappa shape index (κ2) is 9.71. The van der Waals surface area contributed by atoms with Crippen LogP contribution in [-0.2, 0) is 21.3 Å². The summed E-state index contributed by atoms with van der Waals surface area (Å²) in [4.78, 5) is 17.2. The topological polar surface area (TPSA) is 88.6 Å². The second-order valence-corrected chi connectivity index (χ2v) is 10.7. The van der Waals surface area contributed by atoms with Gasteiger partial charge in [0, 0.05) is 51.4 Å². The molecule has 0 unspecified atom stereocenters. The number of amides is 1. The fraction of sp³-hybridized carbons (Fsp3) is 0.435. The molecule has 34 heavy (non-hydrogen) atoms. The Bertz CT molecular complexity index is 1180. The number of hydrogen-bond donors (Lipinski definition) is 0. The average molecular weight is 508 g/mol. The van der Waals surface area contributed by atoms with Gasteiger partial charge in [0.05, 0.1) is 18.2 Å². The van der Waals surface area contributed by atoms with Crippen LogP contribution >= 0.6 is 11.6 Å². The van der Waals surface area contributed by atoms with Gasteiger partial charge in [0.1, 0.15) is 4.90 Å². The zero-order valence-corrected chi connectivity index (χ0v) is 20.2. The summed E-state index contributed by atoms with van der Waals surface area (Å²) in [5.74, 6) is 1.33. The average Bonchev–Trinajstić information content (AvgIpc) is 3.33. The summed E-state index contributed by atoms with van der Waals surface area (Å²) >= 11 is 6.24. The van der Waals surface area contributed by atoms with Crippen LogP contribution in [-0.4, -0.2) is 87.7 Å². The summed E-state index contributed by atoms with van der Waals surface area (Å²) < 4.78 is 43.6. The molecule has 2 fully saturated rings. The number of morpholine rings is 1. The third-order valence-corrected chi connectivity index (χ3v) is 8.65. The number of halogens is 1. The van der Waals surface area contributed by atoms with Crippen LogP contribution in [0.2, 0.25) is 5.02 Å². The van der Waals surface area contributed by atoms with E-state index in [2.05, 4.69) is 4.90 Å². The first-order valence-corrected chi connectivity index (χ1v) is 13.0. The fourth-order valence-corrected chi connectivity index (χ4v) is 6.26. The molecule has 11 heteroatoms. The fourth-order valence-electron chi connectivity index (χ4n) is 4.35. The van der Waals surface area contributed by atoms with Crippen molar-refractivity contribution in [3.05, 3.63) is 52.5 Å². The molecule has 0 radical (unpaired) electrons. The Kier molecular flexibility index (Phi) is 6.67. The normalized spacial score (nSPS) is 19.4. The molecule has 0 bridgehead atoms. The molecule has 0 N–H and O–H groups in total. The van der Waals surface area contributed by atoms with Crippen LogP contribution in [0.25, 0.3) is 0 Å². The largest absolute Gasteiger partial charge is 0.454 e. The van der Waals surface area contributed by atoms with Gasteiger partial charge >= 0.3 is 0 Å². The van der Waals surface area contributed by atoms with E-state index in [1.807, 2.05) is 18.2 Å². The molecule has 2 aromatic carbocycles. The van der Waals surface area contributed by atoms with Crippen molar-refractivity contribution in [1.29, 1.82) is 0 Å². The minimum Gasteiger partial charge on any atom is -0.454 e. The maximum atomic E-state index is 13.2. The van der Waals surface area contributed by atoms with Gasteiger partial charge in [-0.15, -0.1) is 0 Å². The monoisotopic (exact) mass is 507 g/mol. The van der Waals surface area contributed by atoms with Gasteiger partial charge in [-0.05, 0) is 35.9 Å². The van der Waals surface area contributed by atoms with E-state index in [1.54, 1.807) is 11.0 Å². The van der Waals surface area contributed by atoms with Crippen molar-refractivity contribution in [3.63, 3.8) is 0 Å². The zero-order valence-electron chi connectivity index (χ0n) is 18.6. The van der Waals surface area contributed by atoms with E-state index < -0.39 is 10.0 Å². The van der Waals surface area contributed by atoms with Gasteiger partial charge < -0.3 is 19.1 Å². The highest BCUT2D eigenvalue weighted by atomic mass is 35.5. The molecule has 0 spiro atoms. The van der Waals surface area contributed by atoms with Crippen molar-refractivity contribution in [2.75, 3.05) is 59.3 Å². The van der Waals surface area contributed by atoms with Gasteiger partial charge in [0.25, 0.3) is 5.91 Å². The Labute approximate surface area is 203 Å². The van der Waals surface area contributed by atoms with E-state index >= 15 is 0 Å². The first-order chi connectivity index (χ1) is 16.4. The molecule has 1 amide bonds. The molecule has 0 aromatic heterocycles. The highest BCUT2D eigenvalue weighted by Crippen LogP contribution is 2.33. The predicted molar refractivity (Wildman–Crippen MR) is 125 cm³/mol. The van der Waals surface area contributed by atoms with Crippen LogP contribution < -0.4 is 9.47 Å². The van der Waals surface area contributed by atoms with Crippen LogP contribution in [0.4, 0.5) is 0 Å². The molecule has 3 aliphatic rings. The highest BCUT2D eigenvalue weighted by Gasteiger charge is 2.30. The van der Waals surface area contributed by atoms with E-state index in [9.17, 15) is 13.2 Å². The summed E-state index contributed by atoms with van der Waals surface area (Å²) in [5.41, 5.74) is 1.44. The number of rotatable bonds is 5. The standard InChI is InChI=1S/C23H26ClN3O6S/c24-19-3-2-18(14-22(19)34(29,30)27-9-11-31-12-10-27)23(28)26-7-5-25(6-8-26)15-17-1-4-20-21(13-17)33-16-32-20/h1-4,13-14H,5-12,15-16H2. The molecule has 9 nitrogen and oxygen atoms in total. The van der Waals surface area contributed by atoms with E-state index in [1.165, 1.54) is 16.4 Å². The molecule has 182 valence electrons. The molecule has 2 saturated heterocycles. The summed E-state index contributed by atoms with van der Waals surface area (Å²) in [6.45, 7) is 4.75. The Morgan fingerprint density at radius 1 is 0.912 bits per heavy atom. The minimum absolute atomic E-state index is 0.0386. The van der Waals surface area contributed by atoms with Crippen LogP contribution in [0.5, 0.6) is 11.5 Å². The number of benzene rings is 2. The number of piperazine rings is 1. The molecule has 0 aliphatic carbocycles. The van der Waals surface area contributed by atoms with Crippen molar-refractivity contribution in [3.8, 4) is 11.5 Å². The lowest BCUT2D eigenvalue weighted by Gasteiger charge is -2.35. The number of nitrogens with zero attached hydrogens (tertiary/aromatic N) is 3. The number of hydrogen-bond acceptors (Lipinski definition) is 7. The van der Waals surface area contributed by atoms with Crippen molar-refractivity contribution < 1.29 is 27.4 Å². The smallest absolute Gasteiger partial charge is 0.253 e. The molecule has 5 rings (SSSR count). The van der Waals surface area contributed by atoms with Gasteiger partial charge in [-0.1, -0.05) is 17.7 Å². The van der Waals surface area contributed by atoms with Crippen LogP contribution in [0.3, 0.4) is 0 Å². The highest BCUT2D eigenvalue weighted by molar-refractivity contribution is 7.89. The van der Waals surface area contributed by atoms with E-state index in [0.717, 1.165) is 23.6 Å². The lowest BCUT2D eigenvalue weighted by molar-refractivity contribution is 0.0628. The lowest BCUT2D eigenvalue weighted by Crippen LogP contribution is -2.48. The predicted octanol–water partition coefficient (Wildman–Crippen LogP) is 2.05. The Hall–Kier alpha value is -2.37. The Morgan fingerprint density at radius 2 is 1.65 bits per heavy atom. The van der Waals surface area contributed by atoms with Crippen molar-refractivity contribution >= 4 is 27.5 Å². The first kappa shape index (κ1) is 23.4. The molecule has 0 atom stereocenters. The minimum atomic E-state index is -3.80. The van der Waals surface area contributed by atoms with Gasteiger partial charge in [0.15, 0.2) is 11.5 Å².